The predicted molar refractivity (Wildman–Crippen MR) is 76.4 cm³/mol. The largest absolute Gasteiger partial charge is 0.328 e. The maximum Gasteiger partial charge on any atom is 0.151 e. The molecule has 2 N–H and O–H groups in total. The third kappa shape index (κ3) is 2.63. The van der Waals surface area contributed by atoms with Gasteiger partial charge in [-0.05, 0) is 36.2 Å². The van der Waals surface area contributed by atoms with Gasteiger partial charge in [0.25, 0.3) is 0 Å². The molecular weight excluding hydrogens is 246 g/mol. The van der Waals surface area contributed by atoms with Gasteiger partial charge in [0.2, 0.25) is 0 Å². The van der Waals surface area contributed by atoms with E-state index in [0.717, 1.165) is 17.1 Å². The molecule has 0 amide bonds. The van der Waals surface area contributed by atoms with Gasteiger partial charge in [-0.15, -0.1) is 0 Å². The zero-order valence-electron chi connectivity index (χ0n) is 10.5. The first kappa shape index (κ1) is 12.9. The van der Waals surface area contributed by atoms with Crippen LogP contribution in [0, 0.1) is 6.92 Å². The van der Waals surface area contributed by atoms with Crippen molar-refractivity contribution in [1.82, 2.24) is 4.98 Å². The number of pyridine rings is 1. The summed E-state index contributed by atoms with van der Waals surface area (Å²) in [4.78, 5) is 6.34. The zero-order valence-corrected chi connectivity index (χ0v) is 11.3. The number of rotatable bonds is 3. The van der Waals surface area contributed by atoms with E-state index < -0.39 is 0 Å². The monoisotopic (exact) mass is 261 g/mol. The summed E-state index contributed by atoms with van der Waals surface area (Å²) in [6.07, 6.45) is 1.76. The molecule has 1 heterocycles. The molecule has 0 saturated carbocycles. The molecule has 0 unspecified atom stereocenters. The lowest BCUT2D eigenvalue weighted by atomic mass is 10.2. The summed E-state index contributed by atoms with van der Waals surface area (Å²) >= 11 is 6.23. The molecular formula is C14H16ClN3. The summed E-state index contributed by atoms with van der Waals surface area (Å²) in [5, 5.41) is 0.613. The highest BCUT2D eigenvalue weighted by Gasteiger charge is 2.10. The Morgan fingerprint density at radius 2 is 2.11 bits per heavy atom. The molecule has 4 heteroatoms. The van der Waals surface area contributed by atoms with Crippen LogP contribution in [0.1, 0.15) is 11.1 Å². The fourth-order valence-electron chi connectivity index (χ4n) is 1.79. The van der Waals surface area contributed by atoms with E-state index in [-0.39, 0.29) is 0 Å². The van der Waals surface area contributed by atoms with E-state index in [9.17, 15) is 0 Å². The SMILES string of the molecule is Cc1cccc(N(C)c2ncc(CN)cc2Cl)c1. The summed E-state index contributed by atoms with van der Waals surface area (Å²) in [6, 6.07) is 10.1. The van der Waals surface area contributed by atoms with Gasteiger partial charge in [0.15, 0.2) is 5.82 Å². The quantitative estimate of drug-likeness (QED) is 0.922. The summed E-state index contributed by atoms with van der Waals surface area (Å²) in [5.74, 6) is 0.736. The van der Waals surface area contributed by atoms with E-state index in [0.29, 0.717) is 11.6 Å². The number of aromatic nitrogens is 1. The number of hydrogen-bond acceptors (Lipinski definition) is 3. The molecule has 3 nitrogen and oxygen atoms in total. The van der Waals surface area contributed by atoms with Crippen LogP contribution in [-0.2, 0) is 6.54 Å². The van der Waals surface area contributed by atoms with Crippen LogP contribution >= 0.6 is 11.6 Å². The molecule has 0 bridgehead atoms. The number of hydrogen-bond donors (Lipinski definition) is 1. The van der Waals surface area contributed by atoms with E-state index in [1.165, 1.54) is 5.56 Å². The van der Waals surface area contributed by atoms with Gasteiger partial charge in [-0.25, -0.2) is 4.98 Å². The summed E-state index contributed by atoms with van der Waals surface area (Å²) in [6.45, 7) is 2.51. The van der Waals surface area contributed by atoms with Gasteiger partial charge in [0.1, 0.15) is 0 Å². The highest BCUT2D eigenvalue weighted by molar-refractivity contribution is 6.33. The normalized spacial score (nSPS) is 10.4. The number of benzene rings is 1. The van der Waals surface area contributed by atoms with Crippen molar-refractivity contribution in [3.8, 4) is 0 Å². The molecule has 0 spiro atoms. The Bertz CT molecular complexity index is 554. The number of aryl methyl sites for hydroxylation is 1. The van der Waals surface area contributed by atoms with E-state index in [2.05, 4.69) is 24.0 Å². The molecule has 2 rings (SSSR count). The number of anilines is 2. The molecule has 18 heavy (non-hydrogen) atoms. The van der Waals surface area contributed by atoms with Crippen molar-refractivity contribution in [2.45, 2.75) is 13.5 Å². The average molecular weight is 262 g/mol. The van der Waals surface area contributed by atoms with Crippen molar-refractivity contribution in [1.29, 1.82) is 0 Å². The summed E-state index contributed by atoms with van der Waals surface area (Å²) in [5.41, 5.74) is 8.76. The lowest BCUT2D eigenvalue weighted by Gasteiger charge is -2.20. The van der Waals surface area contributed by atoms with Gasteiger partial charge in [-0.3, -0.25) is 0 Å². The van der Waals surface area contributed by atoms with Gasteiger partial charge in [0, 0.05) is 25.5 Å². The molecule has 0 aliphatic heterocycles. The van der Waals surface area contributed by atoms with Crippen LogP contribution in [0.4, 0.5) is 11.5 Å². The molecule has 0 fully saturated rings. The third-order valence-electron chi connectivity index (χ3n) is 2.82. The highest BCUT2D eigenvalue weighted by atomic mass is 35.5. The lowest BCUT2D eigenvalue weighted by molar-refractivity contribution is 1.03. The number of nitrogens with zero attached hydrogens (tertiary/aromatic N) is 2. The second-order valence-electron chi connectivity index (χ2n) is 4.25. The van der Waals surface area contributed by atoms with Gasteiger partial charge in [-0.1, -0.05) is 23.7 Å². The molecule has 0 aliphatic carbocycles. The van der Waals surface area contributed by atoms with Crippen LogP contribution in [0.3, 0.4) is 0 Å². The van der Waals surface area contributed by atoms with Crippen LogP contribution in [0.25, 0.3) is 0 Å². The zero-order chi connectivity index (χ0) is 13.1. The van der Waals surface area contributed by atoms with E-state index in [1.807, 2.05) is 30.1 Å². The highest BCUT2D eigenvalue weighted by Crippen LogP contribution is 2.29. The Hall–Kier alpha value is -1.58. The Morgan fingerprint density at radius 3 is 2.72 bits per heavy atom. The van der Waals surface area contributed by atoms with Crippen molar-refractivity contribution >= 4 is 23.1 Å². The van der Waals surface area contributed by atoms with Crippen LogP contribution in [0.15, 0.2) is 36.5 Å². The van der Waals surface area contributed by atoms with Crippen LogP contribution in [-0.4, -0.2) is 12.0 Å². The van der Waals surface area contributed by atoms with Crippen molar-refractivity contribution in [3.63, 3.8) is 0 Å². The fraction of sp³-hybridized carbons (Fsp3) is 0.214. The molecule has 0 atom stereocenters. The van der Waals surface area contributed by atoms with Crippen molar-refractivity contribution < 1.29 is 0 Å². The maximum atomic E-state index is 6.23. The van der Waals surface area contributed by atoms with Gasteiger partial charge >= 0.3 is 0 Å². The third-order valence-corrected chi connectivity index (χ3v) is 3.10. The molecule has 0 radical (unpaired) electrons. The molecule has 1 aromatic carbocycles. The standard InChI is InChI=1S/C14H16ClN3/c1-10-4-3-5-12(6-10)18(2)14-13(15)7-11(8-16)9-17-14/h3-7,9H,8,16H2,1-2H3. The second-order valence-corrected chi connectivity index (χ2v) is 4.66. The Kier molecular flexibility index (Phi) is 3.84. The number of halogens is 1. The molecule has 0 saturated heterocycles. The molecule has 2 aromatic rings. The fourth-order valence-corrected chi connectivity index (χ4v) is 2.10. The topological polar surface area (TPSA) is 42.2 Å². The van der Waals surface area contributed by atoms with Gasteiger partial charge in [0.05, 0.1) is 5.02 Å². The Balaban J connectivity index is 2.37. The van der Waals surface area contributed by atoms with Crippen molar-refractivity contribution in [2.75, 3.05) is 11.9 Å². The summed E-state index contributed by atoms with van der Waals surface area (Å²) < 4.78 is 0. The first-order chi connectivity index (χ1) is 8.61. The minimum Gasteiger partial charge on any atom is -0.328 e. The number of nitrogens with two attached hydrogens (primary N) is 1. The smallest absolute Gasteiger partial charge is 0.151 e. The van der Waals surface area contributed by atoms with Crippen molar-refractivity contribution in [2.24, 2.45) is 5.73 Å². The van der Waals surface area contributed by atoms with E-state index in [4.69, 9.17) is 17.3 Å². The average Bonchev–Trinajstić information content (AvgIpc) is 2.37. The molecule has 0 aliphatic rings. The van der Waals surface area contributed by atoms with Gasteiger partial charge in [-0.2, -0.15) is 0 Å². The predicted octanol–water partition coefficient (Wildman–Crippen LogP) is 3.27. The van der Waals surface area contributed by atoms with Crippen molar-refractivity contribution in [3.05, 3.63) is 52.7 Å². The minimum atomic E-state index is 0.446. The maximum absolute atomic E-state index is 6.23. The van der Waals surface area contributed by atoms with Gasteiger partial charge < -0.3 is 10.6 Å². The van der Waals surface area contributed by atoms with E-state index >= 15 is 0 Å². The Labute approximate surface area is 112 Å². The first-order valence-electron chi connectivity index (χ1n) is 5.76. The van der Waals surface area contributed by atoms with E-state index in [1.54, 1.807) is 6.20 Å². The van der Waals surface area contributed by atoms with Crippen LogP contribution in [0.2, 0.25) is 5.02 Å². The molecule has 94 valence electrons. The lowest BCUT2D eigenvalue weighted by Crippen LogP contribution is -2.12. The minimum absolute atomic E-state index is 0.446. The molecule has 1 aromatic heterocycles. The second kappa shape index (κ2) is 5.38. The summed E-state index contributed by atoms with van der Waals surface area (Å²) in [7, 11) is 1.95. The van der Waals surface area contributed by atoms with Crippen LogP contribution in [0.5, 0.6) is 0 Å². The van der Waals surface area contributed by atoms with Crippen LogP contribution < -0.4 is 10.6 Å². The Morgan fingerprint density at radius 1 is 1.33 bits per heavy atom. The first-order valence-corrected chi connectivity index (χ1v) is 6.14.